The van der Waals surface area contributed by atoms with Gasteiger partial charge in [0.1, 0.15) is 11.3 Å². The molecule has 2 fully saturated rings. The molecule has 0 radical (unpaired) electrons. The van der Waals surface area contributed by atoms with Crippen molar-refractivity contribution in [1.29, 1.82) is 0 Å². The summed E-state index contributed by atoms with van der Waals surface area (Å²) in [6, 6.07) is 3.91. The number of anilines is 1. The van der Waals surface area contributed by atoms with Crippen molar-refractivity contribution in [2.24, 2.45) is 22.2 Å². The Morgan fingerprint density at radius 1 is 1.26 bits per heavy atom. The lowest BCUT2D eigenvalue weighted by atomic mass is 9.90. The summed E-state index contributed by atoms with van der Waals surface area (Å²) in [5.74, 6) is 2.26. The molecule has 35 heavy (non-hydrogen) atoms. The van der Waals surface area contributed by atoms with Crippen molar-refractivity contribution < 1.29 is 0 Å². The van der Waals surface area contributed by atoms with Crippen LogP contribution in [0.3, 0.4) is 0 Å². The van der Waals surface area contributed by atoms with Crippen molar-refractivity contribution in [2.75, 3.05) is 18.0 Å². The second-order valence-corrected chi connectivity index (χ2v) is 10.5. The summed E-state index contributed by atoms with van der Waals surface area (Å²) >= 11 is 6.75. The second-order valence-electron chi connectivity index (χ2n) is 10.1. The number of hydrogen-bond acceptors (Lipinski definition) is 6. The van der Waals surface area contributed by atoms with E-state index in [4.69, 9.17) is 26.6 Å². The Balaban J connectivity index is 1.18. The Morgan fingerprint density at radius 2 is 2.14 bits per heavy atom. The molecule has 2 aliphatic heterocycles. The summed E-state index contributed by atoms with van der Waals surface area (Å²) in [4.78, 5) is 17.0. The molecular weight excluding hydrogens is 460 g/mol. The maximum Gasteiger partial charge on any atom is 0.202 e. The van der Waals surface area contributed by atoms with Gasteiger partial charge in [0, 0.05) is 48.1 Å². The topological polar surface area (TPSA) is 87.4 Å². The van der Waals surface area contributed by atoms with Crippen LogP contribution in [-0.2, 0) is 0 Å². The molecule has 1 N–H and O–H groups in total. The average molecular weight is 487 g/mol. The number of fused-ring (bicyclic) bond motifs is 3. The molecular formula is C26H27ClN8. The first-order valence-electron chi connectivity index (χ1n) is 12.4. The van der Waals surface area contributed by atoms with Crippen LogP contribution in [0, 0.1) is 24.2 Å². The first-order valence-corrected chi connectivity index (χ1v) is 12.7. The zero-order valence-corrected chi connectivity index (χ0v) is 20.8. The number of hydrogen-bond donors (Lipinski definition) is 1. The van der Waals surface area contributed by atoms with E-state index in [1.165, 1.54) is 17.8 Å². The monoisotopic (exact) mass is 486 g/mol. The summed E-state index contributed by atoms with van der Waals surface area (Å²) in [7, 11) is 0. The molecule has 8 nitrogen and oxygen atoms in total. The SMILES string of the molecule is CC[C@]1(C2=NC(C)=CC2)C2CCN(c3cnc4c(-c5ccn6nc(C)cc6c5Cl)[nH]nc4n3)CC21. The van der Waals surface area contributed by atoms with Gasteiger partial charge in [0.25, 0.3) is 0 Å². The number of nitrogens with one attached hydrogen (secondary N) is 1. The van der Waals surface area contributed by atoms with Gasteiger partial charge in [0.2, 0.25) is 5.65 Å². The van der Waals surface area contributed by atoms with Gasteiger partial charge >= 0.3 is 0 Å². The van der Waals surface area contributed by atoms with Gasteiger partial charge in [-0.15, -0.1) is 0 Å². The van der Waals surface area contributed by atoms with Crippen LogP contribution in [0.25, 0.3) is 27.9 Å². The summed E-state index contributed by atoms with van der Waals surface area (Å²) < 4.78 is 1.79. The average Bonchev–Trinajstić information content (AvgIpc) is 3.24. The number of aromatic amines is 1. The van der Waals surface area contributed by atoms with Crippen molar-refractivity contribution in [2.45, 2.75) is 40.0 Å². The molecule has 7 rings (SSSR count). The number of H-pyrrole nitrogens is 1. The van der Waals surface area contributed by atoms with Crippen molar-refractivity contribution in [3.8, 4) is 11.3 Å². The van der Waals surface area contributed by atoms with Gasteiger partial charge in [-0.1, -0.05) is 24.6 Å². The highest BCUT2D eigenvalue weighted by Crippen LogP contribution is 2.66. The van der Waals surface area contributed by atoms with Crippen molar-refractivity contribution >= 4 is 39.8 Å². The Bertz CT molecular complexity index is 1560. The van der Waals surface area contributed by atoms with Crippen molar-refractivity contribution in [3.05, 3.63) is 47.0 Å². The number of allylic oxidation sites excluding steroid dienone is 2. The van der Waals surface area contributed by atoms with E-state index in [9.17, 15) is 0 Å². The van der Waals surface area contributed by atoms with E-state index >= 15 is 0 Å². The fraction of sp³-hybridized carbons (Fsp3) is 0.423. The molecule has 4 aromatic heterocycles. The number of halogens is 1. The van der Waals surface area contributed by atoms with Gasteiger partial charge in [0.15, 0.2) is 0 Å². The maximum atomic E-state index is 6.75. The van der Waals surface area contributed by atoms with Crippen LogP contribution in [0.4, 0.5) is 5.82 Å². The fourth-order valence-electron chi connectivity index (χ4n) is 6.65. The summed E-state index contributed by atoms with van der Waals surface area (Å²) in [5.41, 5.74) is 7.56. The van der Waals surface area contributed by atoms with E-state index in [-0.39, 0.29) is 5.41 Å². The van der Waals surface area contributed by atoms with Gasteiger partial charge < -0.3 is 4.90 Å². The van der Waals surface area contributed by atoms with Crippen molar-refractivity contribution in [1.82, 2.24) is 29.8 Å². The van der Waals surface area contributed by atoms with E-state index in [2.05, 4.69) is 40.1 Å². The molecule has 0 aromatic carbocycles. The minimum absolute atomic E-state index is 0.265. The van der Waals surface area contributed by atoms with Crippen LogP contribution in [0.15, 0.2) is 41.3 Å². The highest BCUT2D eigenvalue weighted by Gasteiger charge is 2.66. The second kappa shape index (κ2) is 7.37. The molecule has 2 unspecified atom stereocenters. The Kier molecular flexibility index (Phi) is 4.43. The van der Waals surface area contributed by atoms with Crippen LogP contribution >= 0.6 is 11.6 Å². The van der Waals surface area contributed by atoms with Gasteiger partial charge in [-0.05, 0) is 50.7 Å². The van der Waals surface area contributed by atoms with E-state index in [1.54, 1.807) is 4.52 Å². The van der Waals surface area contributed by atoms with Gasteiger partial charge in [-0.3, -0.25) is 10.1 Å². The van der Waals surface area contributed by atoms with E-state index in [0.29, 0.717) is 16.6 Å². The number of aromatic nitrogens is 6. The highest BCUT2D eigenvalue weighted by molar-refractivity contribution is 6.36. The molecule has 0 spiro atoms. The van der Waals surface area contributed by atoms with Crippen LogP contribution in [-0.4, -0.2) is 48.6 Å². The highest BCUT2D eigenvalue weighted by atomic mass is 35.5. The first kappa shape index (κ1) is 21.1. The third kappa shape index (κ3) is 2.95. The summed E-state index contributed by atoms with van der Waals surface area (Å²) in [6.45, 7) is 8.37. The molecule has 6 heterocycles. The molecule has 178 valence electrons. The number of piperidine rings is 1. The lowest BCUT2D eigenvalue weighted by molar-refractivity contribution is 0.543. The molecule has 1 saturated heterocycles. The Morgan fingerprint density at radius 3 is 2.94 bits per heavy atom. The van der Waals surface area contributed by atoms with E-state index < -0.39 is 0 Å². The number of aryl methyl sites for hydroxylation is 1. The summed E-state index contributed by atoms with van der Waals surface area (Å²) in [5, 5.41) is 12.7. The van der Waals surface area contributed by atoms with Crippen LogP contribution in [0.5, 0.6) is 0 Å². The predicted octanol–water partition coefficient (Wildman–Crippen LogP) is 5.23. The zero-order chi connectivity index (χ0) is 23.9. The smallest absolute Gasteiger partial charge is 0.202 e. The minimum atomic E-state index is 0.265. The summed E-state index contributed by atoms with van der Waals surface area (Å²) in [6.07, 6.45) is 9.40. The minimum Gasteiger partial charge on any atom is -0.355 e. The van der Waals surface area contributed by atoms with Gasteiger partial charge in [-0.2, -0.15) is 10.2 Å². The number of rotatable bonds is 4. The molecule has 9 heteroatoms. The number of pyridine rings is 1. The van der Waals surface area contributed by atoms with Gasteiger partial charge in [-0.25, -0.2) is 14.5 Å². The van der Waals surface area contributed by atoms with E-state index in [1.807, 2.05) is 31.5 Å². The predicted molar refractivity (Wildman–Crippen MR) is 138 cm³/mol. The van der Waals surface area contributed by atoms with Crippen LogP contribution < -0.4 is 4.90 Å². The fourth-order valence-corrected chi connectivity index (χ4v) is 6.95. The van der Waals surface area contributed by atoms with Crippen LogP contribution in [0.1, 0.15) is 38.8 Å². The standard InChI is InChI=1S/C26H27ClN8/c1-4-26(20-6-5-14(2)29-20)17-8-9-34(13-18(17)26)21-12-28-24-23(31-32-25(24)30-21)16-7-10-35-19(22(16)27)11-15(3)33-35/h5,7,10-12,17-18H,4,6,8-9,13H2,1-3H3,(H,30,31,32)/t17?,18?,26-/m0/s1. The first-order chi connectivity index (χ1) is 17.0. The Hall–Kier alpha value is -3.26. The van der Waals surface area contributed by atoms with Gasteiger partial charge in [0.05, 0.1) is 28.1 Å². The third-order valence-corrected chi connectivity index (χ3v) is 8.80. The molecule has 4 aromatic rings. The maximum absolute atomic E-state index is 6.75. The normalized spacial score (nSPS) is 25.8. The van der Waals surface area contributed by atoms with Crippen molar-refractivity contribution in [3.63, 3.8) is 0 Å². The lowest BCUT2D eigenvalue weighted by Crippen LogP contribution is -2.32. The largest absolute Gasteiger partial charge is 0.355 e. The Labute approximate surface area is 208 Å². The lowest BCUT2D eigenvalue weighted by Gasteiger charge is -2.26. The molecule has 0 amide bonds. The molecule has 3 aliphatic rings. The molecule has 3 atom stereocenters. The molecule has 0 bridgehead atoms. The number of aliphatic imine (C=N–C) groups is 1. The molecule has 1 aliphatic carbocycles. The van der Waals surface area contributed by atoms with E-state index in [0.717, 1.165) is 65.7 Å². The third-order valence-electron chi connectivity index (χ3n) is 8.40. The quantitative estimate of drug-likeness (QED) is 0.426. The number of nitrogens with zero attached hydrogens (tertiary/aromatic N) is 7. The van der Waals surface area contributed by atoms with Crippen LogP contribution in [0.2, 0.25) is 5.02 Å². The zero-order valence-electron chi connectivity index (χ0n) is 20.1. The molecule has 1 saturated carbocycles.